The first-order valence-electron chi connectivity index (χ1n) is 9.04. The number of hydrogen-bond donors (Lipinski definition) is 0. The Hall–Kier alpha value is -0.460. The van der Waals surface area contributed by atoms with Crippen LogP contribution in [-0.4, -0.2) is 6.10 Å². The molecule has 118 valence electrons. The van der Waals surface area contributed by atoms with E-state index in [1.54, 1.807) is 0 Å². The fourth-order valence-electron chi connectivity index (χ4n) is 4.31. The van der Waals surface area contributed by atoms with E-state index in [9.17, 15) is 0 Å². The Morgan fingerprint density at radius 1 is 1.10 bits per heavy atom. The highest BCUT2D eigenvalue weighted by Crippen LogP contribution is 2.55. The molecule has 5 unspecified atom stereocenters. The second kappa shape index (κ2) is 7.00. The van der Waals surface area contributed by atoms with E-state index >= 15 is 0 Å². The SMILES string of the molecule is CC.CCC1CCCC(C2OC(C)=C(C)C3CC32)CC1.[HH]. The molecule has 2 aliphatic carbocycles. The standard InChI is InChI=1S/C17H28O.C2H6.H2/c1-4-13-6-5-7-14(9-8-13)17-16-10-15(16)11(2)12(3)18-17;1-2;/h13-17H,4-10H2,1-3H3;1-2H3;1H. The van der Waals surface area contributed by atoms with Gasteiger partial charge in [0.15, 0.2) is 0 Å². The van der Waals surface area contributed by atoms with E-state index in [0.29, 0.717) is 6.10 Å². The third kappa shape index (κ3) is 3.23. The molecule has 0 radical (unpaired) electrons. The van der Waals surface area contributed by atoms with Crippen molar-refractivity contribution >= 4 is 0 Å². The minimum Gasteiger partial charge on any atom is -0.495 e. The molecule has 3 rings (SSSR count). The summed E-state index contributed by atoms with van der Waals surface area (Å²) in [4.78, 5) is 0. The number of ether oxygens (including phenoxy) is 1. The Labute approximate surface area is 127 Å². The molecule has 0 aromatic carbocycles. The van der Waals surface area contributed by atoms with Gasteiger partial charge < -0.3 is 4.74 Å². The summed E-state index contributed by atoms with van der Waals surface area (Å²) in [6.07, 6.45) is 10.5. The molecule has 20 heavy (non-hydrogen) atoms. The van der Waals surface area contributed by atoms with Gasteiger partial charge in [-0.3, -0.25) is 0 Å². The lowest BCUT2D eigenvalue weighted by Crippen LogP contribution is -2.29. The predicted molar refractivity (Wildman–Crippen MR) is 88.7 cm³/mol. The van der Waals surface area contributed by atoms with Gasteiger partial charge in [-0.05, 0) is 56.4 Å². The zero-order valence-corrected chi connectivity index (χ0v) is 14.2. The van der Waals surface area contributed by atoms with Gasteiger partial charge >= 0.3 is 0 Å². The summed E-state index contributed by atoms with van der Waals surface area (Å²) in [5, 5.41) is 0. The third-order valence-electron chi connectivity index (χ3n) is 5.86. The van der Waals surface area contributed by atoms with E-state index < -0.39 is 0 Å². The number of hydrogen-bond acceptors (Lipinski definition) is 1. The van der Waals surface area contributed by atoms with Crippen LogP contribution in [0.1, 0.15) is 81.0 Å². The minimum atomic E-state index is 0. The molecule has 1 heteroatoms. The van der Waals surface area contributed by atoms with Crippen molar-refractivity contribution in [2.24, 2.45) is 23.7 Å². The lowest BCUT2D eigenvalue weighted by Gasteiger charge is -2.32. The quantitative estimate of drug-likeness (QED) is 0.548. The van der Waals surface area contributed by atoms with Crippen molar-refractivity contribution in [2.75, 3.05) is 0 Å². The molecule has 0 aromatic heterocycles. The van der Waals surface area contributed by atoms with Crippen molar-refractivity contribution in [1.29, 1.82) is 0 Å². The molecule has 0 N–H and O–H groups in total. The third-order valence-corrected chi connectivity index (χ3v) is 5.86. The summed E-state index contributed by atoms with van der Waals surface area (Å²) in [5.41, 5.74) is 1.54. The Bertz CT molecular complexity index is 349. The Balaban J connectivity index is 0.000000706. The molecule has 0 amide bonds. The molecule has 1 nitrogen and oxygen atoms in total. The average Bonchev–Trinajstić information content (AvgIpc) is 3.28. The molecule has 2 saturated carbocycles. The predicted octanol–water partition coefficient (Wildman–Crippen LogP) is 6.19. The fourth-order valence-corrected chi connectivity index (χ4v) is 4.31. The lowest BCUT2D eigenvalue weighted by atomic mass is 9.87. The van der Waals surface area contributed by atoms with Gasteiger partial charge in [-0.15, -0.1) is 0 Å². The maximum atomic E-state index is 6.30. The van der Waals surface area contributed by atoms with Crippen molar-refractivity contribution in [3.05, 3.63) is 11.3 Å². The summed E-state index contributed by atoms with van der Waals surface area (Å²) in [5.74, 6) is 4.84. The van der Waals surface area contributed by atoms with Crippen LogP contribution in [0.3, 0.4) is 0 Å². The van der Waals surface area contributed by atoms with Crippen LogP contribution < -0.4 is 0 Å². The molecule has 0 bridgehead atoms. The number of fused-ring (bicyclic) bond motifs is 1. The first-order chi connectivity index (χ1) is 9.70. The van der Waals surface area contributed by atoms with Crippen LogP contribution in [0.4, 0.5) is 0 Å². The van der Waals surface area contributed by atoms with Crippen LogP contribution >= 0.6 is 0 Å². The van der Waals surface area contributed by atoms with Crippen molar-refractivity contribution < 1.29 is 6.16 Å². The second-order valence-electron chi connectivity index (χ2n) is 6.87. The largest absolute Gasteiger partial charge is 0.495 e. The first kappa shape index (κ1) is 15.9. The molecule has 0 spiro atoms. The molecule has 2 fully saturated rings. The van der Waals surface area contributed by atoms with Crippen molar-refractivity contribution in [1.82, 2.24) is 0 Å². The van der Waals surface area contributed by atoms with E-state index in [4.69, 9.17) is 4.74 Å². The second-order valence-corrected chi connectivity index (χ2v) is 6.87. The summed E-state index contributed by atoms with van der Waals surface area (Å²) in [6.45, 7) is 10.8. The van der Waals surface area contributed by atoms with E-state index in [1.165, 1.54) is 56.3 Å². The molecule has 1 heterocycles. The first-order valence-corrected chi connectivity index (χ1v) is 9.04. The molecule has 5 atom stereocenters. The normalized spacial score (nSPS) is 40.0. The van der Waals surface area contributed by atoms with Gasteiger partial charge in [-0.1, -0.05) is 46.5 Å². The van der Waals surface area contributed by atoms with Crippen LogP contribution in [0.25, 0.3) is 0 Å². The fraction of sp³-hybridized carbons (Fsp3) is 0.895. The Kier molecular flexibility index (Phi) is 5.57. The monoisotopic (exact) mass is 280 g/mol. The molecular formula is C19H36O. The molecule has 0 saturated heterocycles. The molecule has 0 aromatic rings. The van der Waals surface area contributed by atoms with Gasteiger partial charge in [-0.2, -0.15) is 0 Å². The Morgan fingerprint density at radius 2 is 1.85 bits per heavy atom. The maximum absolute atomic E-state index is 6.30. The van der Waals surface area contributed by atoms with Crippen molar-refractivity contribution in [2.45, 2.75) is 85.7 Å². The zero-order valence-electron chi connectivity index (χ0n) is 14.2. The van der Waals surface area contributed by atoms with Crippen molar-refractivity contribution in [3.63, 3.8) is 0 Å². The minimum absolute atomic E-state index is 0. The van der Waals surface area contributed by atoms with Gasteiger partial charge in [0.25, 0.3) is 0 Å². The van der Waals surface area contributed by atoms with Gasteiger partial charge in [0.1, 0.15) is 6.10 Å². The molecular weight excluding hydrogens is 244 g/mol. The van der Waals surface area contributed by atoms with Crippen LogP contribution in [0.15, 0.2) is 11.3 Å². The van der Waals surface area contributed by atoms with Crippen molar-refractivity contribution in [3.8, 4) is 0 Å². The van der Waals surface area contributed by atoms with Gasteiger partial charge in [0.05, 0.1) is 5.76 Å². The number of allylic oxidation sites excluding steroid dienone is 2. The van der Waals surface area contributed by atoms with E-state index in [-0.39, 0.29) is 1.43 Å². The van der Waals surface area contributed by atoms with E-state index in [2.05, 4.69) is 20.8 Å². The van der Waals surface area contributed by atoms with Crippen LogP contribution in [-0.2, 0) is 4.74 Å². The van der Waals surface area contributed by atoms with Crippen LogP contribution in [0.2, 0.25) is 0 Å². The van der Waals surface area contributed by atoms with Gasteiger partial charge in [-0.25, -0.2) is 0 Å². The van der Waals surface area contributed by atoms with E-state index in [1.807, 2.05) is 13.8 Å². The highest BCUT2D eigenvalue weighted by Gasteiger charge is 2.51. The smallest absolute Gasteiger partial charge is 0.104 e. The number of rotatable bonds is 2. The molecule has 3 aliphatic rings. The Morgan fingerprint density at radius 3 is 2.55 bits per heavy atom. The maximum Gasteiger partial charge on any atom is 0.104 e. The average molecular weight is 280 g/mol. The summed E-state index contributed by atoms with van der Waals surface area (Å²) < 4.78 is 6.30. The summed E-state index contributed by atoms with van der Waals surface area (Å²) >= 11 is 0. The van der Waals surface area contributed by atoms with E-state index in [0.717, 1.165) is 23.7 Å². The highest BCUT2D eigenvalue weighted by atomic mass is 16.5. The molecule has 1 aliphatic heterocycles. The topological polar surface area (TPSA) is 9.23 Å². The summed E-state index contributed by atoms with van der Waals surface area (Å²) in [6, 6.07) is 0. The lowest BCUT2D eigenvalue weighted by molar-refractivity contribution is 0.0250. The van der Waals surface area contributed by atoms with Crippen LogP contribution in [0.5, 0.6) is 0 Å². The van der Waals surface area contributed by atoms with Crippen LogP contribution in [0, 0.1) is 23.7 Å². The highest BCUT2D eigenvalue weighted by molar-refractivity contribution is 5.22. The van der Waals surface area contributed by atoms with Gasteiger partial charge in [0.2, 0.25) is 0 Å². The van der Waals surface area contributed by atoms with Gasteiger partial charge in [0, 0.05) is 7.34 Å². The zero-order chi connectivity index (χ0) is 14.7. The summed E-state index contributed by atoms with van der Waals surface area (Å²) in [7, 11) is 0.